The van der Waals surface area contributed by atoms with Crippen LogP contribution in [0.4, 0.5) is 0 Å². The van der Waals surface area contributed by atoms with Gasteiger partial charge >= 0.3 is 0 Å². The van der Waals surface area contributed by atoms with Crippen LogP contribution in [0.25, 0.3) is 0 Å². The Kier molecular flexibility index (Phi) is 5.65. The summed E-state index contributed by atoms with van der Waals surface area (Å²) in [5, 5.41) is 2.99. The second kappa shape index (κ2) is 6.80. The van der Waals surface area contributed by atoms with E-state index in [0.29, 0.717) is 13.0 Å². The SMILES string of the molecule is CC(N)CCCC(=O)NC1CCCOC1. The minimum Gasteiger partial charge on any atom is -0.379 e. The number of hydrogen-bond donors (Lipinski definition) is 2. The average Bonchev–Trinajstić information content (AvgIpc) is 2.18. The molecule has 1 amide bonds. The first kappa shape index (κ1) is 12.5. The van der Waals surface area contributed by atoms with Gasteiger partial charge in [-0.3, -0.25) is 4.79 Å². The molecule has 0 saturated carbocycles. The largest absolute Gasteiger partial charge is 0.379 e. The highest BCUT2D eigenvalue weighted by Gasteiger charge is 2.15. The van der Waals surface area contributed by atoms with Crippen LogP contribution in [-0.2, 0) is 9.53 Å². The van der Waals surface area contributed by atoms with Crippen molar-refractivity contribution in [2.75, 3.05) is 13.2 Å². The number of carbonyl (C=O) groups excluding carboxylic acids is 1. The van der Waals surface area contributed by atoms with Crippen LogP contribution in [0, 0.1) is 0 Å². The van der Waals surface area contributed by atoms with Crippen LogP contribution in [0.1, 0.15) is 39.0 Å². The van der Waals surface area contributed by atoms with Crippen molar-refractivity contribution >= 4 is 5.91 Å². The number of rotatable bonds is 5. The van der Waals surface area contributed by atoms with E-state index in [-0.39, 0.29) is 18.0 Å². The number of carbonyl (C=O) groups is 1. The maximum atomic E-state index is 11.5. The lowest BCUT2D eigenvalue weighted by Gasteiger charge is -2.23. The molecule has 1 rings (SSSR count). The van der Waals surface area contributed by atoms with Crippen molar-refractivity contribution in [1.82, 2.24) is 5.32 Å². The van der Waals surface area contributed by atoms with Crippen molar-refractivity contribution in [2.45, 2.75) is 51.1 Å². The van der Waals surface area contributed by atoms with Gasteiger partial charge in [-0.25, -0.2) is 0 Å². The number of amides is 1. The van der Waals surface area contributed by atoms with Gasteiger partial charge in [-0.1, -0.05) is 0 Å². The molecular formula is C11H22N2O2. The minimum absolute atomic E-state index is 0.131. The van der Waals surface area contributed by atoms with Crippen molar-refractivity contribution < 1.29 is 9.53 Å². The highest BCUT2D eigenvalue weighted by atomic mass is 16.5. The molecule has 3 N–H and O–H groups in total. The summed E-state index contributed by atoms with van der Waals surface area (Å²) >= 11 is 0. The smallest absolute Gasteiger partial charge is 0.220 e. The fraction of sp³-hybridized carbons (Fsp3) is 0.909. The lowest BCUT2D eigenvalue weighted by Crippen LogP contribution is -2.40. The molecule has 88 valence electrons. The van der Waals surface area contributed by atoms with Crippen molar-refractivity contribution in [2.24, 2.45) is 5.73 Å². The number of hydrogen-bond acceptors (Lipinski definition) is 3. The van der Waals surface area contributed by atoms with Gasteiger partial charge in [-0.05, 0) is 32.6 Å². The van der Waals surface area contributed by atoms with E-state index in [1.165, 1.54) is 0 Å². The molecule has 4 nitrogen and oxygen atoms in total. The molecule has 0 aromatic rings. The van der Waals surface area contributed by atoms with E-state index >= 15 is 0 Å². The molecule has 1 aliphatic rings. The summed E-state index contributed by atoms with van der Waals surface area (Å²) in [5.74, 6) is 0.131. The van der Waals surface area contributed by atoms with E-state index in [4.69, 9.17) is 10.5 Å². The first-order valence-corrected chi connectivity index (χ1v) is 5.81. The highest BCUT2D eigenvalue weighted by molar-refractivity contribution is 5.76. The van der Waals surface area contributed by atoms with Crippen LogP contribution in [0.15, 0.2) is 0 Å². The van der Waals surface area contributed by atoms with Crippen molar-refractivity contribution in [3.8, 4) is 0 Å². The van der Waals surface area contributed by atoms with Crippen LogP contribution in [0.3, 0.4) is 0 Å². The summed E-state index contributed by atoms with van der Waals surface area (Å²) in [6.07, 6.45) is 4.45. The second-order valence-corrected chi connectivity index (χ2v) is 4.35. The van der Waals surface area contributed by atoms with Gasteiger partial charge in [0.15, 0.2) is 0 Å². The lowest BCUT2D eigenvalue weighted by molar-refractivity contribution is -0.122. The fourth-order valence-corrected chi connectivity index (χ4v) is 1.74. The molecule has 1 saturated heterocycles. The predicted octanol–water partition coefficient (Wildman–Crippen LogP) is 0.799. The molecule has 1 heterocycles. The van der Waals surface area contributed by atoms with Gasteiger partial charge in [0, 0.05) is 19.1 Å². The normalized spacial score (nSPS) is 23.5. The topological polar surface area (TPSA) is 64.4 Å². The number of nitrogens with two attached hydrogens (primary N) is 1. The first-order chi connectivity index (χ1) is 7.18. The second-order valence-electron chi connectivity index (χ2n) is 4.35. The van der Waals surface area contributed by atoms with E-state index in [1.807, 2.05) is 6.92 Å². The van der Waals surface area contributed by atoms with Gasteiger partial charge in [-0.2, -0.15) is 0 Å². The summed E-state index contributed by atoms with van der Waals surface area (Å²) in [6, 6.07) is 0.414. The molecule has 1 fully saturated rings. The Morgan fingerprint density at radius 2 is 2.47 bits per heavy atom. The van der Waals surface area contributed by atoms with Gasteiger partial charge in [0.05, 0.1) is 12.6 Å². The summed E-state index contributed by atoms with van der Waals surface area (Å²) in [6.45, 7) is 3.46. The summed E-state index contributed by atoms with van der Waals surface area (Å²) in [4.78, 5) is 11.5. The minimum atomic E-state index is 0.131. The Balaban J connectivity index is 2.06. The Morgan fingerprint density at radius 3 is 3.07 bits per heavy atom. The first-order valence-electron chi connectivity index (χ1n) is 5.81. The van der Waals surface area contributed by atoms with Gasteiger partial charge in [-0.15, -0.1) is 0 Å². The molecule has 2 unspecified atom stereocenters. The van der Waals surface area contributed by atoms with E-state index in [9.17, 15) is 4.79 Å². The molecule has 15 heavy (non-hydrogen) atoms. The molecule has 2 atom stereocenters. The van der Waals surface area contributed by atoms with Crippen LogP contribution in [0.2, 0.25) is 0 Å². The van der Waals surface area contributed by atoms with E-state index in [1.54, 1.807) is 0 Å². The van der Waals surface area contributed by atoms with Crippen LogP contribution in [-0.4, -0.2) is 31.2 Å². The third-order valence-corrected chi connectivity index (χ3v) is 2.59. The van der Waals surface area contributed by atoms with Gasteiger partial charge in [0.2, 0.25) is 5.91 Å². The zero-order chi connectivity index (χ0) is 11.1. The van der Waals surface area contributed by atoms with Gasteiger partial charge < -0.3 is 15.8 Å². The molecular weight excluding hydrogens is 192 g/mol. The van der Waals surface area contributed by atoms with Crippen LogP contribution in [0.5, 0.6) is 0 Å². The molecule has 0 aliphatic carbocycles. The number of ether oxygens (including phenoxy) is 1. The Labute approximate surface area is 91.5 Å². The van der Waals surface area contributed by atoms with Crippen molar-refractivity contribution in [3.63, 3.8) is 0 Å². The molecule has 0 radical (unpaired) electrons. The third-order valence-electron chi connectivity index (χ3n) is 2.59. The predicted molar refractivity (Wildman–Crippen MR) is 59.5 cm³/mol. The summed E-state index contributed by atoms with van der Waals surface area (Å²) in [7, 11) is 0. The van der Waals surface area contributed by atoms with Crippen LogP contribution < -0.4 is 11.1 Å². The summed E-state index contributed by atoms with van der Waals surface area (Å²) < 4.78 is 5.29. The molecule has 4 heteroatoms. The van der Waals surface area contributed by atoms with Crippen molar-refractivity contribution in [3.05, 3.63) is 0 Å². The molecule has 0 spiro atoms. The average molecular weight is 214 g/mol. The monoisotopic (exact) mass is 214 g/mol. The maximum absolute atomic E-state index is 11.5. The molecule has 0 aromatic heterocycles. The Bertz CT molecular complexity index is 189. The quantitative estimate of drug-likeness (QED) is 0.711. The van der Waals surface area contributed by atoms with E-state index < -0.39 is 0 Å². The number of nitrogens with one attached hydrogen (secondary N) is 1. The van der Waals surface area contributed by atoms with Gasteiger partial charge in [0.1, 0.15) is 0 Å². The standard InChI is InChI=1S/C11H22N2O2/c1-9(12)4-2-6-11(14)13-10-5-3-7-15-8-10/h9-10H,2-8,12H2,1H3,(H,13,14). The van der Waals surface area contributed by atoms with Gasteiger partial charge in [0.25, 0.3) is 0 Å². The van der Waals surface area contributed by atoms with E-state index in [2.05, 4.69) is 5.32 Å². The Hall–Kier alpha value is -0.610. The summed E-state index contributed by atoms with van der Waals surface area (Å²) in [5.41, 5.74) is 5.61. The lowest BCUT2D eigenvalue weighted by atomic mass is 10.1. The van der Waals surface area contributed by atoms with Crippen LogP contribution >= 0.6 is 0 Å². The maximum Gasteiger partial charge on any atom is 0.220 e. The molecule has 0 aromatic carbocycles. The van der Waals surface area contributed by atoms with Crippen molar-refractivity contribution in [1.29, 1.82) is 0 Å². The van der Waals surface area contributed by atoms with E-state index in [0.717, 1.165) is 32.3 Å². The third kappa shape index (κ3) is 5.74. The molecule has 0 bridgehead atoms. The Morgan fingerprint density at radius 1 is 1.67 bits per heavy atom. The zero-order valence-electron chi connectivity index (χ0n) is 9.50. The zero-order valence-corrected chi connectivity index (χ0v) is 9.50. The fourth-order valence-electron chi connectivity index (χ4n) is 1.74. The highest BCUT2D eigenvalue weighted by Crippen LogP contribution is 2.06. The molecule has 1 aliphatic heterocycles.